The molecule has 0 radical (unpaired) electrons. The largest absolute Gasteiger partial charge is 0.429 e. The van der Waals surface area contributed by atoms with Crippen molar-refractivity contribution in [2.45, 2.75) is 20.0 Å². The van der Waals surface area contributed by atoms with E-state index in [2.05, 4.69) is 9.98 Å². The van der Waals surface area contributed by atoms with Gasteiger partial charge in [0.25, 0.3) is 0 Å². The van der Waals surface area contributed by atoms with Crippen LogP contribution in [0.1, 0.15) is 12.6 Å². The minimum Gasteiger partial charge on any atom is -0.359 e. The van der Waals surface area contributed by atoms with Crippen LogP contribution < -0.4 is 0 Å². The number of benzene rings is 1. The monoisotopic (exact) mass is 240 g/mol. The van der Waals surface area contributed by atoms with Gasteiger partial charge in [-0.3, -0.25) is 0 Å². The second-order valence-corrected chi connectivity index (χ2v) is 3.92. The summed E-state index contributed by atoms with van der Waals surface area (Å²) in [6.07, 6.45) is -4.37. The smallest absolute Gasteiger partial charge is 0.359 e. The minimum atomic E-state index is -4.37. The summed E-state index contributed by atoms with van der Waals surface area (Å²) in [5.74, 6) is 0. The molecule has 1 N–H and O–H groups in total. The van der Waals surface area contributed by atoms with E-state index in [0.717, 1.165) is 23.5 Å². The zero-order chi connectivity index (χ0) is 12.6. The zero-order valence-electron chi connectivity index (χ0n) is 9.39. The van der Waals surface area contributed by atoms with Crippen molar-refractivity contribution in [1.82, 2.24) is 4.98 Å². The van der Waals surface area contributed by atoms with Gasteiger partial charge in [-0.15, -0.1) is 0 Å². The highest BCUT2D eigenvalue weighted by molar-refractivity contribution is 5.91. The van der Waals surface area contributed by atoms with E-state index in [1.165, 1.54) is 0 Å². The molecule has 90 valence electrons. The molecule has 2 nitrogen and oxygen atoms in total. The van der Waals surface area contributed by atoms with E-state index in [1.807, 2.05) is 13.0 Å². The number of hydrogen-bond acceptors (Lipinski definition) is 1. The van der Waals surface area contributed by atoms with Crippen LogP contribution in [0.25, 0.3) is 10.9 Å². The maximum absolute atomic E-state index is 12.3. The van der Waals surface area contributed by atoms with Crippen molar-refractivity contribution in [2.24, 2.45) is 4.99 Å². The van der Waals surface area contributed by atoms with Gasteiger partial charge in [0.05, 0.1) is 5.69 Å². The summed E-state index contributed by atoms with van der Waals surface area (Å²) >= 11 is 0. The summed E-state index contributed by atoms with van der Waals surface area (Å²) in [7, 11) is 0. The number of nitrogens with zero attached hydrogens (tertiary/aromatic N) is 1. The van der Waals surface area contributed by atoms with Gasteiger partial charge in [-0.1, -0.05) is 0 Å². The maximum Gasteiger partial charge on any atom is 0.429 e. The Morgan fingerprint density at radius 2 is 1.94 bits per heavy atom. The molecule has 17 heavy (non-hydrogen) atoms. The molecule has 0 saturated carbocycles. The van der Waals surface area contributed by atoms with Gasteiger partial charge in [-0.25, -0.2) is 4.99 Å². The number of alkyl halides is 3. The highest BCUT2D eigenvalue weighted by atomic mass is 19.4. The molecule has 0 aliphatic carbocycles. The first-order valence-electron chi connectivity index (χ1n) is 5.08. The Bertz CT molecular complexity index is 579. The number of nitrogens with one attached hydrogen (secondary N) is 1. The number of fused-ring (bicyclic) bond motifs is 1. The summed E-state index contributed by atoms with van der Waals surface area (Å²) in [5.41, 5.74) is 1.33. The Balaban J connectivity index is 2.43. The molecule has 0 aliphatic rings. The molecule has 0 saturated heterocycles. The lowest BCUT2D eigenvalue weighted by Crippen LogP contribution is -2.18. The van der Waals surface area contributed by atoms with Crippen LogP contribution >= 0.6 is 0 Å². The van der Waals surface area contributed by atoms with Gasteiger partial charge >= 0.3 is 6.18 Å². The van der Waals surface area contributed by atoms with Crippen molar-refractivity contribution in [3.8, 4) is 0 Å². The fraction of sp³-hybridized carbons (Fsp3) is 0.250. The van der Waals surface area contributed by atoms with Gasteiger partial charge in [0.1, 0.15) is 5.71 Å². The summed E-state index contributed by atoms with van der Waals surface area (Å²) < 4.78 is 36.9. The molecule has 0 fully saturated rings. The van der Waals surface area contributed by atoms with Crippen LogP contribution in [0.5, 0.6) is 0 Å². The molecule has 0 unspecified atom stereocenters. The third-order valence-electron chi connectivity index (χ3n) is 2.45. The van der Waals surface area contributed by atoms with Gasteiger partial charge in [-0.2, -0.15) is 13.2 Å². The topological polar surface area (TPSA) is 28.1 Å². The fourth-order valence-electron chi connectivity index (χ4n) is 1.59. The Hall–Kier alpha value is -1.78. The summed E-state index contributed by atoms with van der Waals surface area (Å²) in [6.45, 7) is 2.86. The molecule has 2 aromatic rings. The van der Waals surface area contributed by atoms with Crippen LogP contribution in [-0.2, 0) is 0 Å². The molecular formula is C12H11F3N2. The Kier molecular flexibility index (Phi) is 2.69. The molecule has 0 aliphatic heterocycles. The van der Waals surface area contributed by atoms with Gasteiger partial charge < -0.3 is 4.98 Å². The molecule has 5 heteroatoms. The fourth-order valence-corrected chi connectivity index (χ4v) is 1.59. The third-order valence-corrected chi connectivity index (χ3v) is 2.45. The van der Waals surface area contributed by atoms with E-state index in [4.69, 9.17) is 0 Å². The predicted octanol–water partition coefficient (Wildman–Crippen LogP) is 4.13. The first-order valence-corrected chi connectivity index (χ1v) is 5.08. The first kappa shape index (κ1) is 11.7. The van der Waals surface area contributed by atoms with Crippen molar-refractivity contribution < 1.29 is 13.2 Å². The van der Waals surface area contributed by atoms with E-state index in [1.54, 1.807) is 18.2 Å². The quantitative estimate of drug-likeness (QED) is 0.726. The summed E-state index contributed by atoms with van der Waals surface area (Å²) in [4.78, 5) is 6.67. The van der Waals surface area contributed by atoms with Crippen LogP contribution in [0.2, 0.25) is 0 Å². The molecule has 0 atom stereocenters. The van der Waals surface area contributed by atoms with Crippen LogP contribution in [0, 0.1) is 6.92 Å². The highest BCUT2D eigenvalue weighted by Crippen LogP contribution is 2.25. The van der Waals surface area contributed by atoms with Crippen molar-refractivity contribution >= 4 is 22.3 Å². The van der Waals surface area contributed by atoms with E-state index in [9.17, 15) is 13.2 Å². The van der Waals surface area contributed by atoms with Crippen LogP contribution in [0.4, 0.5) is 18.9 Å². The lowest BCUT2D eigenvalue weighted by Gasteiger charge is -2.05. The molecule has 1 aromatic heterocycles. The zero-order valence-corrected chi connectivity index (χ0v) is 9.39. The summed E-state index contributed by atoms with van der Waals surface area (Å²) in [6, 6.07) is 6.80. The molecule has 1 heterocycles. The van der Waals surface area contributed by atoms with Crippen LogP contribution in [0.3, 0.4) is 0 Å². The van der Waals surface area contributed by atoms with Crippen molar-refractivity contribution in [2.75, 3.05) is 0 Å². The van der Waals surface area contributed by atoms with Crippen molar-refractivity contribution in [3.63, 3.8) is 0 Å². The van der Waals surface area contributed by atoms with Crippen LogP contribution in [0.15, 0.2) is 29.3 Å². The number of hydrogen-bond donors (Lipinski definition) is 1. The molecule has 0 bridgehead atoms. The van der Waals surface area contributed by atoms with Gasteiger partial charge in [-0.05, 0) is 38.1 Å². The van der Waals surface area contributed by atoms with Gasteiger partial charge in [0.15, 0.2) is 0 Å². The highest BCUT2D eigenvalue weighted by Gasteiger charge is 2.31. The lowest BCUT2D eigenvalue weighted by molar-refractivity contribution is -0.0591. The molecule has 2 rings (SSSR count). The van der Waals surface area contributed by atoms with Crippen molar-refractivity contribution in [3.05, 3.63) is 30.0 Å². The standard InChI is InChI=1S/C12H11F3N2/c1-7-5-9-6-10(3-4-11(9)16-7)17-8(2)12(13,14)15/h3-6,16H,1-2H3. The van der Waals surface area contributed by atoms with E-state index in [-0.39, 0.29) is 0 Å². The van der Waals surface area contributed by atoms with E-state index in [0.29, 0.717) is 5.69 Å². The number of aromatic amines is 1. The molecular weight excluding hydrogens is 229 g/mol. The van der Waals surface area contributed by atoms with E-state index >= 15 is 0 Å². The number of aliphatic imine (C=N–C) groups is 1. The number of aromatic nitrogens is 1. The minimum absolute atomic E-state index is 0.311. The number of halogens is 3. The van der Waals surface area contributed by atoms with Gasteiger partial charge in [0.2, 0.25) is 0 Å². The predicted molar refractivity (Wildman–Crippen MR) is 61.9 cm³/mol. The van der Waals surface area contributed by atoms with Gasteiger partial charge in [0, 0.05) is 16.6 Å². The molecule has 0 amide bonds. The maximum atomic E-state index is 12.3. The average molecular weight is 240 g/mol. The molecule has 0 spiro atoms. The first-order chi connectivity index (χ1) is 7.86. The Labute approximate surface area is 96.2 Å². The average Bonchev–Trinajstić information content (AvgIpc) is 2.55. The van der Waals surface area contributed by atoms with Crippen molar-refractivity contribution in [1.29, 1.82) is 0 Å². The Morgan fingerprint density at radius 3 is 2.59 bits per heavy atom. The number of rotatable bonds is 1. The SMILES string of the molecule is CC(=Nc1ccc2[nH]c(C)cc2c1)C(F)(F)F. The van der Waals surface area contributed by atoms with E-state index < -0.39 is 11.9 Å². The molecule has 1 aromatic carbocycles. The second kappa shape index (κ2) is 3.91. The normalized spacial score (nSPS) is 13.4. The third kappa shape index (κ3) is 2.49. The second-order valence-electron chi connectivity index (χ2n) is 3.92. The number of aryl methyl sites for hydroxylation is 1. The Morgan fingerprint density at radius 1 is 1.24 bits per heavy atom. The number of H-pyrrole nitrogens is 1. The summed E-state index contributed by atoms with van der Waals surface area (Å²) in [5, 5.41) is 0.860. The van der Waals surface area contributed by atoms with Crippen LogP contribution in [-0.4, -0.2) is 16.9 Å². The lowest BCUT2D eigenvalue weighted by atomic mass is 10.2.